The topological polar surface area (TPSA) is 59.2 Å². The molecule has 1 aliphatic rings. The first-order valence-electron chi connectivity index (χ1n) is 6.89. The molecule has 0 aliphatic heterocycles. The van der Waals surface area contributed by atoms with Crippen LogP contribution in [0.15, 0.2) is 4.52 Å². The van der Waals surface area contributed by atoms with Crippen LogP contribution in [0.25, 0.3) is 0 Å². The van der Waals surface area contributed by atoms with Gasteiger partial charge in [-0.15, -0.1) is 0 Å². The van der Waals surface area contributed by atoms with E-state index in [1.165, 1.54) is 12.8 Å². The molecule has 0 spiro atoms. The highest BCUT2D eigenvalue weighted by atomic mass is 16.5. The Labute approximate surface area is 109 Å². The van der Waals surface area contributed by atoms with E-state index in [0.717, 1.165) is 18.8 Å². The van der Waals surface area contributed by atoms with Crippen molar-refractivity contribution in [3.63, 3.8) is 0 Å². The van der Waals surface area contributed by atoms with Gasteiger partial charge >= 0.3 is 0 Å². The van der Waals surface area contributed by atoms with Crippen LogP contribution < -0.4 is 0 Å². The molecule has 0 radical (unpaired) electrons. The third kappa shape index (κ3) is 2.91. The summed E-state index contributed by atoms with van der Waals surface area (Å²) < 4.78 is 5.27. The fourth-order valence-corrected chi connectivity index (χ4v) is 2.79. The number of aromatic nitrogens is 2. The van der Waals surface area contributed by atoms with Crippen molar-refractivity contribution >= 4 is 0 Å². The Bertz CT molecular complexity index is 385. The number of aliphatic hydroxyl groups excluding tert-OH is 1. The zero-order valence-corrected chi connectivity index (χ0v) is 11.8. The Hall–Kier alpha value is -0.900. The number of aliphatic hydroxyl groups is 1. The Morgan fingerprint density at radius 3 is 2.28 bits per heavy atom. The molecule has 18 heavy (non-hydrogen) atoms. The monoisotopic (exact) mass is 252 g/mol. The molecule has 1 aliphatic carbocycles. The fraction of sp³-hybridized carbons (Fsp3) is 0.857. The quantitative estimate of drug-likeness (QED) is 0.875. The first-order valence-corrected chi connectivity index (χ1v) is 6.89. The molecule has 1 unspecified atom stereocenters. The van der Waals surface area contributed by atoms with E-state index in [2.05, 4.69) is 30.9 Å². The van der Waals surface area contributed by atoms with E-state index in [-0.39, 0.29) is 0 Å². The second-order valence-electron chi connectivity index (χ2n) is 6.58. The van der Waals surface area contributed by atoms with Gasteiger partial charge in [0.1, 0.15) is 6.10 Å². The maximum absolute atomic E-state index is 9.40. The lowest BCUT2D eigenvalue weighted by Gasteiger charge is -2.35. The van der Waals surface area contributed by atoms with E-state index in [1.807, 2.05) is 0 Å². The summed E-state index contributed by atoms with van der Waals surface area (Å²) in [7, 11) is 0. The van der Waals surface area contributed by atoms with Crippen LogP contribution >= 0.6 is 0 Å². The van der Waals surface area contributed by atoms with Crippen LogP contribution in [-0.2, 0) is 0 Å². The highest BCUT2D eigenvalue weighted by Gasteiger charge is 2.32. The first-order chi connectivity index (χ1) is 8.38. The molecule has 102 valence electrons. The van der Waals surface area contributed by atoms with E-state index in [1.54, 1.807) is 6.92 Å². The summed E-state index contributed by atoms with van der Waals surface area (Å²) >= 11 is 0. The maximum atomic E-state index is 9.40. The molecule has 1 N–H and O–H groups in total. The van der Waals surface area contributed by atoms with Gasteiger partial charge in [-0.3, -0.25) is 0 Å². The molecule has 0 saturated heterocycles. The van der Waals surface area contributed by atoms with Crippen LogP contribution in [-0.4, -0.2) is 15.2 Å². The van der Waals surface area contributed by atoms with Crippen molar-refractivity contribution in [3.05, 3.63) is 11.7 Å². The van der Waals surface area contributed by atoms with Crippen molar-refractivity contribution in [2.45, 2.75) is 65.4 Å². The highest BCUT2D eigenvalue weighted by molar-refractivity contribution is 4.98. The predicted octanol–water partition coefficient (Wildman–Crippen LogP) is 3.44. The van der Waals surface area contributed by atoms with Gasteiger partial charge in [-0.25, -0.2) is 0 Å². The predicted molar refractivity (Wildman–Crippen MR) is 69.1 cm³/mol. The average Bonchev–Trinajstić information content (AvgIpc) is 2.77. The van der Waals surface area contributed by atoms with Crippen LogP contribution in [0.5, 0.6) is 0 Å². The molecule has 4 nitrogen and oxygen atoms in total. The summed E-state index contributed by atoms with van der Waals surface area (Å²) in [6, 6.07) is 0. The van der Waals surface area contributed by atoms with Crippen LogP contribution in [0, 0.1) is 11.3 Å². The van der Waals surface area contributed by atoms with Crippen molar-refractivity contribution in [1.82, 2.24) is 10.1 Å². The third-order valence-electron chi connectivity index (χ3n) is 4.13. The largest absolute Gasteiger partial charge is 0.385 e. The fourth-order valence-electron chi connectivity index (χ4n) is 2.79. The van der Waals surface area contributed by atoms with Crippen molar-refractivity contribution < 1.29 is 9.63 Å². The lowest BCUT2D eigenvalue weighted by atomic mass is 9.70. The minimum absolute atomic E-state index is 0.378. The summed E-state index contributed by atoms with van der Waals surface area (Å²) in [5.41, 5.74) is 0.393. The SMILES string of the molecule is CC(O)c1noc(C2CCC(C(C)(C)C)CC2)n1. The van der Waals surface area contributed by atoms with Crippen LogP contribution in [0.2, 0.25) is 0 Å². The molecule has 0 amide bonds. The lowest BCUT2D eigenvalue weighted by Crippen LogP contribution is -2.25. The van der Waals surface area contributed by atoms with Gasteiger partial charge in [-0.05, 0) is 43.9 Å². The second kappa shape index (κ2) is 5.00. The minimum atomic E-state index is -0.645. The number of rotatable bonds is 2. The van der Waals surface area contributed by atoms with Crippen molar-refractivity contribution in [1.29, 1.82) is 0 Å². The van der Waals surface area contributed by atoms with Crippen LogP contribution in [0.4, 0.5) is 0 Å². The van der Waals surface area contributed by atoms with Crippen molar-refractivity contribution in [2.24, 2.45) is 11.3 Å². The molecule has 1 atom stereocenters. The molecule has 1 aromatic heterocycles. The lowest BCUT2D eigenvalue weighted by molar-refractivity contribution is 0.158. The standard InChI is InChI=1S/C14H24N2O2/c1-9(17)12-15-13(18-16-12)10-5-7-11(8-6-10)14(2,3)4/h9-11,17H,5-8H2,1-4H3. The van der Waals surface area contributed by atoms with Gasteiger partial charge in [0.05, 0.1) is 0 Å². The van der Waals surface area contributed by atoms with Gasteiger partial charge in [0, 0.05) is 5.92 Å². The van der Waals surface area contributed by atoms with E-state index >= 15 is 0 Å². The molecule has 1 aromatic rings. The zero-order chi connectivity index (χ0) is 13.3. The van der Waals surface area contributed by atoms with Crippen LogP contribution in [0.1, 0.15) is 77.1 Å². The van der Waals surface area contributed by atoms with E-state index in [9.17, 15) is 5.11 Å². The van der Waals surface area contributed by atoms with Gasteiger partial charge in [0.25, 0.3) is 0 Å². The highest BCUT2D eigenvalue weighted by Crippen LogP contribution is 2.42. The summed E-state index contributed by atoms with van der Waals surface area (Å²) in [5.74, 6) is 2.28. The number of hydrogen-bond donors (Lipinski definition) is 1. The van der Waals surface area contributed by atoms with Crippen molar-refractivity contribution in [2.75, 3.05) is 0 Å². The summed E-state index contributed by atoms with van der Waals surface area (Å²) in [6.45, 7) is 8.61. The first kappa shape index (κ1) is 13.5. The molecule has 1 saturated carbocycles. The number of hydrogen-bond acceptors (Lipinski definition) is 4. The van der Waals surface area contributed by atoms with Gasteiger partial charge in [0.2, 0.25) is 5.89 Å². The molecular weight excluding hydrogens is 228 g/mol. The minimum Gasteiger partial charge on any atom is -0.385 e. The van der Waals surface area contributed by atoms with Crippen molar-refractivity contribution in [3.8, 4) is 0 Å². The second-order valence-corrected chi connectivity index (χ2v) is 6.58. The average molecular weight is 252 g/mol. The maximum Gasteiger partial charge on any atom is 0.229 e. The summed E-state index contributed by atoms with van der Waals surface area (Å²) in [4.78, 5) is 4.29. The molecule has 2 rings (SSSR count). The van der Waals surface area contributed by atoms with Gasteiger partial charge < -0.3 is 9.63 Å². The summed E-state index contributed by atoms with van der Waals surface area (Å²) in [6.07, 6.45) is 4.03. The Kier molecular flexibility index (Phi) is 3.76. The van der Waals surface area contributed by atoms with E-state index in [0.29, 0.717) is 23.0 Å². The Morgan fingerprint density at radius 2 is 1.83 bits per heavy atom. The molecular formula is C14H24N2O2. The molecule has 1 fully saturated rings. The Balaban J connectivity index is 1.97. The molecule has 0 aromatic carbocycles. The Morgan fingerprint density at radius 1 is 1.22 bits per heavy atom. The summed E-state index contributed by atoms with van der Waals surface area (Å²) in [5, 5.41) is 13.2. The third-order valence-corrected chi connectivity index (χ3v) is 4.13. The number of nitrogens with zero attached hydrogens (tertiary/aromatic N) is 2. The van der Waals surface area contributed by atoms with Gasteiger partial charge in [0.15, 0.2) is 5.82 Å². The smallest absolute Gasteiger partial charge is 0.229 e. The zero-order valence-electron chi connectivity index (χ0n) is 11.8. The normalized spacial score (nSPS) is 27.2. The van der Waals surface area contributed by atoms with Crippen LogP contribution in [0.3, 0.4) is 0 Å². The van der Waals surface area contributed by atoms with E-state index in [4.69, 9.17) is 4.52 Å². The molecule has 0 bridgehead atoms. The van der Waals surface area contributed by atoms with Gasteiger partial charge in [-0.2, -0.15) is 4.98 Å². The molecule has 4 heteroatoms. The van der Waals surface area contributed by atoms with E-state index < -0.39 is 6.10 Å². The molecule has 1 heterocycles. The van der Waals surface area contributed by atoms with Gasteiger partial charge in [-0.1, -0.05) is 25.9 Å².